The second-order valence-corrected chi connectivity index (χ2v) is 5.41. The topological polar surface area (TPSA) is 57.7 Å². The predicted molar refractivity (Wildman–Crippen MR) is 83.2 cm³/mol. The highest BCUT2D eigenvalue weighted by Crippen LogP contribution is 2.25. The first-order valence-electron chi connectivity index (χ1n) is 7.43. The summed E-state index contributed by atoms with van der Waals surface area (Å²) in [5, 5.41) is 8.58. The van der Waals surface area contributed by atoms with Crippen molar-refractivity contribution >= 4 is 16.9 Å². The van der Waals surface area contributed by atoms with E-state index in [0.29, 0.717) is 0 Å². The van der Waals surface area contributed by atoms with Gasteiger partial charge in [-0.05, 0) is 31.4 Å². The maximum Gasteiger partial charge on any atom is 0.225 e. The Morgan fingerprint density at radius 1 is 1.00 bits per heavy atom. The van der Waals surface area contributed by atoms with Crippen LogP contribution in [0.15, 0.2) is 36.5 Å². The third-order valence-corrected chi connectivity index (χ3v) is 3.99. The summed E-state index contributed by atoms with van der Waals surface area (Å²) in [6.07, 6.45) is 5.58. The Hall–Kier alpha value is -2.43. The van der Waals surface area contributed by atoms with Crippen molar-refractivity contribution in [2.75, 3.05) is 18.0 Å². The molecule has 1 saturated heterocycles. The fourth-order valence-electron chi connectivity index (χ4n) is 2.89. The number of para-hydroxylation sites is 1. The van der Waals surface area contributed by atoms with Gasteiger partial charge in [-0.1, -0.05) is 18.2 Å². The highest BCUT2D eigenvalue weighted by molar-refractivity contribution is 5.91. The quantitative estimate of drug-likeness (QED) is 0.783. The Kier molecular flexibility index (Phi) is 3.03. The Bertz CT molecular complexity index is 758. The molecule has 5 heteroatoms. The summed E-state index contributed by atoms with van der Waals surface area (Å²) in [4.78, 5) is 11.4. The van der Waals surface area contributed by atoms with Crippen LogP contribution in [0.2, 0.25) is 0 Å². The molecule has 3 heterocycles. The first-order valence-corrected chi connectivity index (χ1v) is 7.43. The third-order valence-electron chi connectivity index (χ3n) is 3.99. The molecular weight excluding hydrogens is 262 g/mol. The lowest BCUT2D eigenvalue weighted by Crippen LogP contribution is -2.30. The molecule has 5 nitrogen and oxygen atoms in total. The highest BCUT2D eigenvalue weighted by Gasteiger charge is 2.15. The van der Waals surface area contributed by atoms with Crippen LogP contribution in [-0.4, -0.2) is 33.3 Å². The summed E-state index contributed by atoms with van der Waals surface area (Å²) in [5.41, 5.74) is 2.81. The predicted octanol–water partition coefficient (Wildman–Crippen LogP) is 3.01. The van der Waals surface area contributed by atoms with Crippen LogP contribution in [0.5, 0.6) is 0 Å². The Labute approximate surface area is 123 Å². The summed E-state index contributed by atoms with van der Waals surface area (Å²) in [7, 11) is 0. The van der Waals surface area contributed by atoms with E-state index in [1.807, 2.05) is 30.5 Å². The number of benzene rings is 1. The molecule has 0 unspecified atom stereocenters. The molecule has 106 valence electrons. The van der Waals surface area contributed by atoms with E-state index < -0.39 is 0 Å². The minimum atomic E-state index is 0.819. The van der Waals surface area contributed by atoms with Crippen molar-refractivity contribution in [3.63, 3.8) is 0 Å². The molecule has 0 saturated carbocycles. The molecule has 4 rings (SSSR count). The Balaban J connectivity index is 1.75. The molecule has 0 atom stereocenters. The van der Waals surface area contributed by atoms with E-state index in [2.05, 4.69) is 26.1 Å². The number of H-pyrrole nitrogens is 1. The number of nitrogens with zero attached hydrogens (tertiary/aromatic N) is 4. The Morgan fingerprint density at radius 3 is 2.76 bits per heavy atom. The van der Waals surface area contributed by atoms with E-state index in [1.165, 1.54) is 19.3 Å². The summed E-state index contributed by atoms with van der Waals surface area (Å²) in [6, 6.07) is 10.0. The van der Waals surface area contributed by atoms with Gasteiger partial charge in [0.1, 0.15) is 5.69 Å². The van der Waals surface area contributed by atoms with Gasteiger partial charge < -0.3 is 4.90 Å². The molecule has 1 aliphatic heterocycles. The molecule has 3 aromatic rings. The fraction of sp³-hybridized carbons (Fsp3) is 0.312. The zero-order valence-electron chi connectivity index (χ0n) is 11.8. The molecule has 0 bridgehead atoms. The maximum absolute atomic E-state index is 4.72. The van der Waals surface area contributed by atoms with E-state index in [-0.39, 0.29) is 0 Å². The number of rotatable bonds is 2. The van der Waals surface area contributed by atoms with Crippen LogP contribution in [0.4, 0.5) is 5.95 Å². The zero-order valence-corrected chi connectivity index (χ0v) is 11.8. The maximum atomic E-state index is 4.72. The molecule has 1 aliphatic rings. The van der Waals surface area contributed by atoms with Gasteiger partial charge in [0.05, 0.1) is 11.2 Å². The molecule has 0 aliphatic carbocycles. The number of piperidine rings is 1. The van der Waals surface area contributed by atoms with Crippen LogP contribution in [0, 0.1) is 0 Å². The number of anilines is 1. The number of hydrogen-bond acceptors (Lipinski definition) is 4. The van der Waals surface area contributed by atoms with Gasteiger partial charge in [0.15, 0.2) is 0 Å². The van der Waals surface area contributed by atoms with Crippen molar-refractivity contribution < 1.29 is 0 Å². The van der Waals surface area contributed by atoms with Crippen molar-refractivity contribution in [1.29, 1.82) is 0 Å². The van der Waals surface area contributed by atoms with Gasteiger partial charge in [0, 0.05) is 24.7 Å². The molecule has 2 aromatic heterocycles. The zero-order chi connectivity index (χ0) is 14.1. The van der Waals surface area contributed by atoms with Gasteiger partial charge >= 0.3 is 0 Å². The molecule has 21 heavy (non-hydrogen) atoms. The van der Waals surface area contributed by atoms with Crippen LogP contribution >= 0.6 is 0 Å². The molecule has 1 fully saturated rings. The van der Waals surface area contributed by atoms with Gasteiger partial charge in [0.25, 0.3) is 0 Å². The SMILES string of the molecule is c1ccc2c(-c3ccnc(N4CCCCC4)n3)n[nH]c2c1. The van der Waals surface area contributed by atoms with Gasteiger partial charge in [-0.25, -0.2) is 9.97 Å². The molecule has 0 amide bonds. The largest absolute Gasteiger partial charge is 0.341 e. The minimum Gasteiger partial charge on any atom is -0.341 e. The van der Waals surface area contributed by atoms with E-state index in [1.54, 1.807) is 0 Å². The first-order chi connectivity index (χ1) is 10.4. The van der Waals surface area contributed by atoms with E-state index in [0.717, 1.165) is 41.3 Å². The number of aromatic nitrogens is 4. The standard InChI is InChI=1S/C16H17N5/c1-4-10-21(11-5-1)16-17-9-8-14(18-16)15-12-6-2-3-7-13(12)19-20-15/h2-3,6-9H,1,4-5,10-11H2,(H,19,20). The second kappa shape index (κ2) is 5.16. The molecule has 1 N–H and O–H groups in total. The van der Waals surface area contributed by atoms with Gasteiger partial charge in [-0.15, -0.1) is 0 Å². The molecule has 1 aromatic carbocycles. The Morgan fingerprint density at radius 2 is 1.86 bits per heavy atom. The monoisotopic (exact) mass is 279 g/mol. The summed E-state index contributed by atoms with van der Waals surface area (Å²) < 4.78 is 0. The second-order valence-electron chi connectivity index (χ2n) is 5.41. The fourth-order valence-corrected chi connectivity index (χ4v) is 2.89. The van der Waals surface area contributed by atoms with Crippen molar-refractivity contribution in [1.82, 2.24) is 20.2 Å². The number of hydrogen-bond donors (Lipinski definition) is 1. The number of nitrogens with one attached hydrogen (secondary N) is 1. The number of fused-ring (bicyclic) bond motifs is 1. The first kappa shape index (κ1) is 12.3. The van der Waals surface area contributed by atoms with Gasteiger partial charge in [-0.3, -0.25) is 5.10 Å². The lowest BCUT2D eigenvalue weighted by molar-refractivity contribution is 0.568. The van der Waals surface area contributed by atoms with Crippen LogP contribution in [0.25, 0.3) is 22.3 Å². The van der Waals surface area contributed by atoms with Gasteiger partial charge in [-0.2, -0.15) is 5.10 Å². The van der Waals surface area contributed by atoms with Crippen LogP contribution in [-0.2, 0) is 0 Å². The molecule has 0 spiro atoms. The van der Waals surface area contributed by atoms with Crippen LogP contribution in [0.3, 0.4) is 0 Å². The summed E-state index contributed by atoms with van der Waals surface area (Å²) in [6.45, 7) is 2.09. The highest BCUT2D eigenvalue weighted by atomic mass is 15.3. The normalized spacial score (nSPS) is 15.5. The number of aromatic amines is 1. The third kappa shape index (κ3) is 2.24. The van der Waals surface area contributed by atoms with E-state index >= 15 is 0 Å². The van der Waals surface area contributed by atoms with Crippen molar-refractivity contribution in [2.24, 2.45) is 0 Å². The summed E-state index contributed by atoms with van der Waals surface area (Å²) >= 11 is 0. The smallest absolute Gasteiger partial charge is 0.225 e. The minimum absolute atomic E-state index is 0.819. The average molecular weight is 279 g/mol. The van der Waals surface area contributed by atoms with Crippen LogP contribution < -0.4 is 4.90 Å². The van der Waals surface area contributed by atoms with Crippen molar-refractivity contribution in [3.8, 4) is 11.4 Å². The van der Waals surface area contributed by atoms with E-state index in [4.69, 9.17) is 4.98 Å². The van der Waals surface area contributed by atoms with Crippen molar-refractivity contribution in [2.45, 2.75) is 19.3 Å². The van der Waals surface area contributed by atoms with Crippen LogP contribution in [0.1, 0.15) is 19.3 Å². The molecular formula is C16H17N5. The lowest BCUT2D eigenvalue weighted by atomic mass is 10.1. The average Bonchev–Trinajstić information content (AvgIpc) is 3.00. The van der Waals surface area contributed by atoms with Crippen molar-refractivity contribution in [3.05, 3.63) is 36.5 Å². The summed E-state index contributed by atoms with van der Waals surface area (Å²) in [5.74, 6) is 0.819. The van der Waals surface area contributed by atoms with Gasteiger partial charge in [0.2, 0.25) is 5.95 Å². The molecule has 0 radical (unpaired) electrons. The lowest BCUT2D eigenvalue weighted by Gasteiger charge is -2.26. The van der Waals surface area contributed by atoms with E-state index in [9.17, 15) is 0 Å².